The van der Waals surface area contributed by atoms with E-state index in [4.69, 9.17) is 5.73 Å². The molecule has 0 aliphatic heterocycles. The van der Waals surface area contributed by atoms with Crippen molar-refractivity contribution in [2.24, 2.45) is 0 Å². The maximum Gasteiger partial charge on any atom is 0.133 e. The highest BCUT2D eigenvalue weighted by molar-refractivity contribution is 5.44. The van der Waals surface area contributed by atoms with E-state index in [1.165, 1.54) is 0 Å². The highest BCUT2D eigenvalue weighted by Gasteiger charge is 2.08. The number of anilines is 2. The van der Waals surface area contributed by atoms with Crippen LogP contribution in [0.5, 0.6) is 0 Å². The molecule has 1 aromatic heterocycles. The Balaban J connectivity index is 2.00. The predicted molar refractivity (Wildman–Crippen MR) is 80.3 cm³/mol. The van der Waals surface area contributed by atoms with Gasteiger partial charge in [0, 0.05) is 19.0 Å². The molecule has 1 aromatic carbocycles. The Hall–Kier alpha value is -2.14. The molecule has 2 aromatic rings. The molecule has 1 unspecified atom stereocenters. The molecule has 5 nitrogen and oxygen atoms in total. The van der Waals surface area contributed by atoms with E-state index in [1.807, 2.05) is 30.3 Å². The molecule has 1 atom stereocenters. The molecule has 5 heteroatoms. The van der Waals surface area contributed by atoms with Crippen molar-refractivity contribution in [3.63, 3.8) is 0 Å². The van der Waals surface area contributed by atoms with Gasteiger partial charge in [0.25, 0.3) is 0 Å². The fourth-order valence-electron chi connectivity index (χ4n) is 1.94. The SMILES string of the molecule is CCCc1nc(N)cc(NCC(O)c2ccccc2)n1. The Morgan fingerprint density at radius 1 is 1.25 bits per heavy atom. The van der Waals surface area contributed by atoms with E-state index in [0.717, 1.165) is 24.2 Å². The predicted octanol–water partition coefficient (Wildman–Crippen LogP) is 2.16. The summed E-state index contributed by atoms with van der Waals surface area (Å²) in [6.45, 7) is 2.45. The van der Waals surface area contributed by atoms with E-state index >= 15 is 0 Å². The first kappa shape index (κ1) is 14.3. The highest BCUT2D eigenvalue weighted by atomic mass is 16.3. The van der Waals surface area contributed by atoms with Gasteiger partial charge in [-0.25, -0.2) is 9.97 Å². The van der Waals surface area contributed by atoms with Crippen LogP contribution in [0.3, 0.4) is 0 Å². The average Bonchev–Trinajstić information content (AvgIpc) is 2.45. The summed E-state index contributed by atoms with van der Waals surface area (Å²) < 4.78 is 0. The summed E-state index contributed by atoms with van der Waals surface area (Å²) in [6, 6.07) is 11.2. The van der Waals surface area contributed by atoms with Crippen LogP contribution in [0, 0.1) is 0 Å². The minimum Gasteiger partial charge on any atom is -0.387 e. The van der Waals surface area contributed by atoms with Gasteiger partial charge in [-0.05, 0) is 12.0 Å². The molecule has 0 amide bonds. The summed E-state index contributed by atoms with van der Waals surface area (Å²) in [6.07, 6.45) is 1.18. The van der Waals surface area contributed by atoms with Crippen molar-refractivity contribution in [3.8, 4) is 0 Å². The molecule has 0 aliphatic carbocycles. The zero-order chi connectivity index (χ0) is 14.4. The van der Waals surface area contributed by atoms with Gasteiger partial charge in [0.1, 0.15) is 17.5 Å². The van der Waals surface area contributed by atoms with Crippen molar-refractivity contribution < 1.29 is 5.11 Å². The zero-order valence-electron chi connectivity index (χ0n) is 11.6. The molecule has 0 saturated heterocycles. The normalized spacial score (nSPS) is 12.1. The van der Waals surface area contributed by atoms with Gasteiger partial charge in [0.2, 0.25) is 0 Å². The van der Waals surface area contributed by atoms with Gasteiger partial charge >= 0.3 is 0 Å². The zero-order valence-corrected chi connectivity index (χ0v) is 11.6. The van der Waals surface area contributed by atoms with Crippen LogP contribution in [-0.2, 0) is 6.42 Å². The molecule has 0 saturated carbocycles. The van der Waals surface area contributed by atoms with Gasteiger partial charge in [-0.1, -0.05) is 37.3 Å². The molecule has 0 radical (unpaired) electrons. The lowest BCUT2D eigenvalue weighted by molar-refractivity contribution is 0.191. The van der Waals surface area contributed by atoms with E-state index in [0.29, 0.717) is 18.2 Å². The molecular formula is C15H20N4O. The van der Waals surface area contributed by atoms with E-state index < -0.39 is 6.10 Å². The summed E-state index contributed by atoms with van der Waals surface area (Å²) >= 11 is 0. The Morgan fingerprint density at radius 2 is 2.00 bits per heavy atom. The second-order valence-corrected chi connectivity index (χ2v) is 4.65. The quantitative estimate of drug-likeness (QED) is 0.750. The number of nitrogen functional groups attached to an aromatic ring is 1. The average molecular weight is 272 g/mol. The summed E-state index contributed by atoms with van der Waals surface area (Å²) in [5.74, 6) is 1.82. The third-order valence-electron chi connectivity index (χ3n) is 2.93. The number of nitrogens with zero attached hydrogens (tertiary/aromatic N) is 2. The number of rotatable bonds is 6. The smallest absolute Gasteiger partial charge is 0.133 e. The van der Waals surface area contributed by atoms with Crippen LogP contribution in [-0.4, -0.2) is 21.6 Å². The van der Waals surface area contributed by atoms with Crippen molar-refractivity contribution in [1.29, 1.82) is 0 Å². The number of aliphatic hydroxyl groups excluding tert-OH is 1. The first-order valence-corrected chi connectivity index (χ1v) is 6.79. The number of aliphatic hydroxyl groups is 1. The van der Waals surface area contributed by atoms with Crippen LogP contribution in [0.15, 0.2) is 36.4 Å². The van der Waals surface area contributed by atoms with Crippen LogP contribution in [0.4, 0.5) is 11.6 Å². The molecule has 106 valence electrons. The summed E-state index contributed by atoms with van der Waals surface area (Å²) in [5, 5.41) is 13.2. The number of nitrogens with two attached hydrogens (primary N) is 1. The van der Waals surface area contributed by atoms with Gasteiger partial charge in [-0.3, -0.25) is 0 Å². The Morgan fingerprint density at radius 3 is 2.70 bits per heavy atom. The number of benzene rings is 1. The number of nitrogens with one attached hydrogen (secondary N) is 1. The van der Waals surface area contributed by atoms with E-state index in [2.05, 4.69) is 22.2 Å². The van der Waals surface area contributed by atoms with Crippen LogP contribution in [0.1, 0.15) is 30.8 Å². The number of aromatic nitrogens is 2. The van der Waals surface area contributed by atoms with Crippen LogP contribution < -0.4 is 11.1 Å². The van der Waals surface area contributed by atoms with Gasteiger partial charge in [0.15, 0.2) is 0 Å². The second-order valence-electron chi connectivity index (χ2n) is 4.65. The lowest BCUT2D eigenvalue weighted by Crippen LogP contribution is -2.14. The van der Waals surface area contributed by atoms with E-state index in [-0.39, 0.29) is 0 Å². The highest BCUT2D eigenvalue weighted by Crippen LogP contribution is 2.14. The van der Waals surface area contributed by atoms with Gasteiger partial charge in [0.05, 0.1) is 6.10 Å². The Bertz CT molecular complexity index is 545. The number of hydrogen-bond acceptors (Lipinski definition) is 5. The summed E-state index contributed by atoms with van der Waals surface area (Å²) in [7, 11) is 0. The molecule has 20 heavy (non-hydrogen) atoms. The molecule has 0 spiro atoms. The third-order valence-corrected chi connectivity index (χ3v) is 2.93. The van der Waals surface area contributed by atoms with Crippen molar-refractivity contribution in [3.05, 3.63) is 47.8 Å². The third kappa shape index (κ3) is 3.93. The van der Waals surface area contributed by atoms with Crippen molar-refractivity contribution in [2.75, 3.05) is 17.6 Å². The molecule has 0 aliphatic rings. The molecule has 4 N–H and O–H groups in total. The number of aryl methyl sites for hydroxylation is 1. The van der Waals surface area contributed by atoms with Crippen molar-refractivity contribution >= 4 is 11.6 Å². The van der Waals surface area contributed by atoms with Gasteiger partial charge in [-0.2, -0.15) is 0 Å². The fraction of sp³-hybridized carbons (Fsp3) is 0.333. The minimum absolute atomic E-state index is 0.381. The Labute approximate surface area is 118 Å². The largest absolute Gasteiger partial charge is 0.387 e. The van der Waals surface area contributed by atoms with Gasteiger partial charge in [-0.15, -0.1) is 0 Å². The molecule has 2 rings (SSSR count). The first-order chi connectivity index (χ1) is 9.69. The first-order valence-electron chi connectivity index (χ1n) is 6.79. The molecule has 0 fully saturated rings. The van der Waals surface area contributed by atoms with Crippen LogP contribution in [0.25, 0.3) is 0 Å². The van der Waals surface area contributed by atoms with Crippen molar-refractivity contribution in [1.82, 2.24) is 9.97 Å². The van der Waals surface area contributed by atoms with E-state index in [9.17, 15) is 5.11 Å². The maximum absolute atomic E-state index is 10.1. The van der Waals surface area contributed by atoms with Crippen LogP contribution in [0.2, 0.25) is 0 Å². The molecular weight excluding hydrogens is 252 g/mol. The van der Waals surface area contributed by atoms with Crippen LogP contribution >= 0.6 is 0 Å². The molecule has 0 bridgehead atoms. The summed E-state index contributed by atoms with van der Waals surface area (Å²) in [4.78, 5) is 8.55. The Kier molecular flexibility index (Phi) is 4.90. The topological polar surface area (TPSA) is 84.1 Å². The van der Waals surface area contributed by atoms with E-state index in [1.54, 1.807) is 6.07 Å². The lowest BCUT2D eigenvalue weighted by atomic mass is 10.1. The molecule has 1 heterocycles. The minimum atomic E-state index is -0.581. The second kappa shape index (κ2) is 6.86. The monoisotopic (exact) mass is 272 g/mol. The standard InChI is InChI=1S/C15H20N4O/c1-2-6-14-18-13(16)9-15(19-14)17-10-12(20)11-7-4-3-5-8-11/h3-5,7-9,12,20H,2,6,10H2,1H3,(H3,16,17,18,19). The summed E-state index contributed by atoms with van der Waals surface area (Å²) in [5.41, 5.74) is 6.62. The fourth-order valence-corrected chi connectivity index (χ4v) is 1.94. The lowest BCUT2D eigenvalue weighted by Gasteiger charge is -2.13. The number of hydrogen-bond donors (Lipinski definition) is 3. The van der Waals surface area contributed by atoms with Crippen molar-refractivity contribution in [2.45, 2.75) is 25.9 Å². The maximum atomic E-state index is 10.1. The van der Waals surface area contributed by atoms with Gasteiger partial charge < -0.3 is 16.2 Å².